The predicted molar refractivity (Wildman–Crippen MR) is 114 cm³/mol. The topological polar surface area (TPSA) is 110 Å². The van der Waals surface area contributed by atoms with Crippen molar-refractivity contribution in [2.24, 2.45) is 0 Å². The van der Waals surface area contributed by atoms with Crippen molar-refractivity contribution in [3.8, 4) is 0 Å². The highest BCUT2D eigenvalue weighted by atomic mass is 16.3. The summed E-state index contributed by atoms with van der Waals surface area (Å²) in [6, 6.07) is 10.1. The van der Waals surface area contributed by atoms with Gasteiger partial charge in [0.15, 0.2) is 22.9 Å². The predicted octanol–water partition coefficient (Wildman–Crippen LogP) is 3.67. The van der Waals surface area contributed by atoms with E-state index < -0.39 is 0 Å². The first-order valence-corrected chi connectivity index (χ1v) is 10.3. The van der Waals surface area contributed by atoms with Crippen LogP contribution in [0, 0.1) is 13.8 Å². The van der Waals surface area contributed by atoms with E-state index in [-0.39, 0.29) is 23.9 Å². The summed E-state index contributed by atoms with van der Waals surface area (Å²) in [7, 11) is 0. The summed E-state index contributed by atoms with van der Waals surface area (Å²) in [6.07, 6.45) is 2.54. The van der Waals surface area contributed by atoms with Gasteiger partial charge in [-0.15, -0.1) is 0 Å². The molecular formula is C23H22N4O4. The van der Waals surface area contributed by atoms with Crippen molar-refractivity contribution in [1.29, 1.82) is 0 Å². The largest absolute Gasteiger partial charge is 0.441 e. The van der Waals surface area contributed by atoms with Gasteiger partial charge in [-0.2, -0.15) is 0 Å². The average molecular weight is 418 g/mol. The number of amides is 2. The van der Waals surface area contributed by atoms with Gasteiger partial charge >= 0.3 is 0 Å². The number of aryl methyl sites for hydroxylation is 2. The molecule has 0 bridgehead atoms. The summed E-state index contributed by atoms with van der Waals surface area (Å²) in [4.78, 5) is 34.1. The van der Waals surface area contributed by atoms with E-state index >= 15 is 0 Å². The zero-order valence-electron chi connectivity index (χ0n) is 17.3. The number of rotatable bonds is 4. The Morgan fingerprint density at radius 3 is 1.71 bits per heavy atom. The lowest BCUT2D eigenvalue weighted by Crippen LogP contribution is -2.48. The van der Waals surface area contributed by atoms with Gasteiger partial charge < -0.3 is 19.5 Å². The van der Waals surface area contributed by atoms with Gasteiger partial charge in [-0.1, -0.05) is 0 Å². The maximum absolute atomic E-state index is 12.8. The molecule has 0 saturated heterocycles. The van der Waals surface area contributed by atoms with Crippen molar-refractivity contribution >= 4 is 34.0 Å². The summed E-state index contributed by atoms with van der Waals surface area (Å²) in [5.74, 6) is 0.732. The molecule has 2 atom stereocenters. The SMILES string of the molecule is Cc1nc2ccc(C(=O)NC3CCCC3NC(=O)c3ccc4nc(C)oc4c3)cc2o1. The highest BCUT2D eigenvalue weighted by Gasteiger charge is 2.30. The number of oxazole rings is 2. The molecule has 2 aromatic carbocycles. The van der Waals surface area contributed by atoms with Crippen molar-refractivity contribution in [3.05, 3.63) is 59.3 Å². The highest BCUT2D eigenvalue weighted by molar-refractivity contribution is 5.98. The minimum atomic E-state index is -0.194. The Bertz CT molecular complexity index is 1210. The Morgan fingerprint density at radius 1 is 0.806 bits per heavy atom. The quantitative estimate of drug-likeness (QED) is 0.523. The zero-order valence-corrected chi connectivity index (χ0v) is 17.3. The molecule has 8 nitrogen and oxygen atoms in total. The second-order valence-corrected chi connectivity index (χ2v) is 7.92. The van der Waals surface area contributed by atoms with E-state index in [2.05, 4.69) is 20.6 Å². The summed E-state index contributed by atoms with van der Waals surface area (Å²) in [5, 5.41) is 6.12. The molecule has 0 aliphatic heterocycles. The molecule has 2 aromatic heterocycles. The minimum absolute atomic E-state index is 0.139. The number of aromatic nitrogens is 2. The number of hydrogen-bond acceptors (Lipinski definition) is 6. The van der Waals surface area contributed by atoms with Gasteiger partial charge in [0.05, 0.1) is 0 Å². The number of nitrogens with zero attached hydrogens (tertiary/aromatic N) is 2. The zero-order chi connectivity index (χ0) is 21.5. The van der Waals surface area contributed by atoms with Crippen LogP contribution in [0.25, 0.3) is 22.2 Å². The summed E-state index contributed by atoms with van der Waals surface area (Å²) in [5.41, 5.74) is 3.62. The molecule has 8 heteroatoms. The van der Waals surface area contributed by atoms with Gasteiger partial charge in [0.25, 0.3) is 11.8 Å². The maximum atomic E-state index is 12.8. The van der Waals surface area contributed by atoms with Gasteiger partial charge in [-0.3, -0.25) is 9.59 Å². The fraction of sp³-hybridized carbons (Fsp3) is 0.304. The van der Waals surface area contributed by atoms with Gasteiger partial charge in [0.1, 0.15) is 11.0 Å². The first kappa shape index (κ1) is 19.3. The van der Waals surface area contributed by atoms with Crippen LogP contribution >= 0.6 is 0 Å². The average Bonchev–Trinajstić information content (AvgIpc) is 3.43. The maximum Gasteiger partial charge on any atom is 0.251 e. The lowest BCUT2D eigenvalue weighted by atomic mass is 10.1. The van der Waals surface area contributed by atoms with Crippen molar-refractivity contribution in [2.45, 2.75) is 45.2 Å². The lowest BCUT2D eigenvalue weighted by Gasteiger charge is -2.22. The third kappa shape index (κ3) is 3.76. The van der Waals surface area contributed by atoms with Crippen LogP contribution in [-0.4, -0.2) is 33.9 Å². The number of nitrogens with one attached hydrogen (secondary N) is 2. The minimum Gasteiger partial charge on any atom is -0.441 e. The van der Waals surface area contributed by atoms with Crippen LogP contribution < -0.4 is 10.6 Å². The van der Waals surface area contributed by atoms with Gasteiger partial charge in [-0.25, -0.2) is 9.97 Å². The summed E-state index contributed by atoms with van der Waals surface area (Å²) in [6.45, 7) is 3.54. The first-order chi connectivity index (χ1) is 15.0. The summed E-state index contributed by atoms with van der Waals surface area (Å²) < 4.78 is 11.0. The van der Waals surface area contributed by atoms with E-state index in [1.165, 1.54) is 0 Å². The van der Waals surface area contributed by atoms with E-state index in [1.54, 1.807) is 50.2 Å². The monoisotopic (exact) mass is 418 g/mol. The molecule has 0 spiro atoms. The van der Waals surface area contributed by atoms with Crippen LogP contribution in [0.1, 0.15) is 51.8 Å². The van der Waals surface area contributed by atoms with Crippen LogP contribution in [-0.2, 0) is 0 Å². The normalized spacial score (nSPS) is 18.5. The second-order valence-electron chi connectivity index (χ2n) is 7.92. The standard InChI is InChI=1S/C23H22N4O4/c1-12-24-18-8-6-14(10-20(18)30-12)22(28)26-16-4-3-5-17(16)27-23(29)15-7-9-19-21(11-15)31-13(2)25-19/h6-11,16-17H,3-5H2,1-2H3,(H,26,28)(H,27,29). The Morgan fingerprint density at radius 2 is 1.26 bits per heavy atom. The number of hydrogen-bond donors (Lipinski definition) is 2. The number of carbonyl (C=O) groups is 2. The fourth-order valence-electron chi connectivity index (χ4n) is 4.17. The molecular weight excluding hydrogens is 396 g/mol. The number of benzene rings is 2. The molecule has 1 fully saturated rings. The van der Waals surface area contributed by atoms with Crippen LogP contribution in [0.4, 0.5) is 0 Å². The molecule has 1 saturated carbocycles. The van der Waals surface area contributed by atoms with Crippen molar-refractivity contribution in [1.82, 2.24) is 20.6 Å². The van der Waals surface area contributed by atoms with Crippen molar-refractivity contribution in [3.63, 3.8) is 0 Å². The van der Waals surface area contributed by atoms with Crippen LogP contribution in [0.5, 0.6) is 0 Å². The molecule has 4 aromatic rings. The number of fused-ring (bicyclic) bond motifs is 2. The van der Waals surface area contributed by atoms with Gasteiger partial charge in [-0.05, 0) is 55.7 Å². The van der Waals surface area contributed by atoms with E-state index in [0.29, 0.717) is 34.1 Å². The Hall–Kier alpha value is -3.68. The summed E-state index contributed by atoms with van der Waals surface area (Å²) >= 11 is 0. The highest BCUT2D eigenvalue weighted by Crippen LogP contribution is 2.22. The molecule has 2 heterocycles. The molecule has 31 heavy (non-hydrogen) atoms. The van der Waals surface area contributed by atoms with E-state index in [0.717, 1.165) is 30.3 Å². The van der Waals surface area contributed by atoms with E-state index in [9.17, 15) is 9.59 Å². The third-order valence-corrected chi connectivity index (χ3v) is 5.66. The molecule has 0 radical (unpaired) electrons. The molecule has 5 rings (SSSR count). The Labute approximate surface area is 178 Å². The Kier molecular flexibility index (Phi) is 4.69. The van der Waals surface area contributed by atoms with Crippen LogP contribution in [0.15, 0.2) is 45.2 Å². The fourth-order valence-corrected chi connectivity index (χ4v) is 4.17. The van der Waals surface area contributed by atoms with Crippen LogP contribution in [0.3, 0.4) is 0 Å². The van der Waals surface area contributed by atoms with Gasteiger partial charge in [0.2, 0.25) is 0 Å². The smallest absolute Gasteiger partial charge is 0.251 e. The molecule has 1 aliphatic carbocycles. The lowest BCUT2D eigenvalue weighted by molar-refractivity contribution is 0.0892. The van der Waals surface area contributed by atoms with Gasteiger partial charge in [0, 0.05) is 37.1 Å². The Balaban J connectivity index is 1.28. The molecule has 1 aliphatic rings. The van der Waals surface area contributed by atoms with Crippen molar-refractivity contribution < 1.29 is 18.4 Å². The molecule has 158 valence electrons. The second kappa shape index (κ2) is 7.54. The van der Waals surface area contributed by atoms with Crippen LogP contribution in [0.2, 0.25) is 0 Å². The van der Waals surface area contributed by atoms with E-state index in [4.69, 9.17) is 8.83 Å². The van der Waals surface area contributed by atoms with Crippen molar-refractivity contribution in [2.75, 3.05) is 0 Å². The third-order valence-electron chi connectivity index (χ3n) is 5.66. The molecule has 2 N–H and O–H groups in total. The molecule has 2 amide bonds. The van der Waals surface area contributed by atoms with E-state index in [1.807, 2.05) is 0 Å². The molecule has 2 unspecified atom stereocenters. The number of carbonyl (C=O) groups excluding carboxylic acids is 2. The first-order valence-electron chi connectivity index (χ1n) is 10.3.